The summed E-state index contributed by atoms with van der Waals surface area (Å²) in [6.45, 7) is 0.686. The monoisotopic (exact) mass is 287 g/mol. The van der Waals surface area contributed by atoms with Crippen molar-refractivity contribution in [1.82, 2.24) is 15.1 Å². The minimum atomic E-state index is 0.229. The van der Waals surface area contributed by atoms with E-state index in [1.54, 1.807) is 7.11 Å². The van der Waals surface area contributed by atoms with E-state index < -0.39 is 0 Å². The number of nitrogens with zero attached hydrogens (tertiary/aromatic N) is 2. The summed E-state index contributed by atoms with van der Waals surface area (Å²) >= 11 is 4.08. The van der Waals surface area contributed by atoms with Crippen LogP contribution in [0.4, 0.5) is 0 Å². The summed E-state index contributed by atoms with van der Waals surface area (Å²) in [5.41, 5.74) is 1.19. The van der Waals surface area contributed by atoms with E-state index in [1.807, 2.05) is 41.5 Å². The maximum atomic E-state index is 5.34. The number of methoxy groups -OCH3 is 1. The van der Waals surface area contributed by atoms with Gasteiger partial charge < -0.3 is 10.1 Å². The molecule has 18 heavy (non-hydrogen) atoms. The van der Waals surface area contributed by atoms with Gasteiger partial charge >= 0.3 is 0 Å². The van der Waals surface area contributed by atoms with Crippen molar-refractivity contribution >= 4 is 23.5 Å². The molecule has 0 aromatic carbocycles. The Morgan fingerprint density at radius 3 is 2.78 bits per heavy atom. The molecule has 2 rings (SSSR count). The molecule has 6 heteroatoms. The summed E-state index contributed by atoms with van der Waals surface area (Å²) in [5, 5.41) is 7.95. The maximum Gasteiger partial charge on any atom is 0.0731 e. The molecular weight excluding hydrogens is 266 g/mol. The number of hydrogen-bond donors (Lipinski definition) is 1. The summed E-state index contributed by atoms with van der Waals surface area (Å²) in [4.78, 5) is 0. The van der Waals surface area contributed by atoms with Crippen molar-refractivity contribution in [3.8, 4) is 0 Å². The molecule has 1 fully saturated rings. The second-order valence-electron chi connectivity index (χ2n) is 4.40. The van der Waals surface area contributed by atoms with Crippen molar-refractivity contribution in [3.63, 3.8) is 0 Å². The van der Waals surface area contributed by atoms with Gasteiger partial charge in [0.1, 0.15) is 0 Å². The molecule has 4 nitrogen and oxygen atoms in total. The average molecular weight is 287 g/mol. The van der Waals surface area contributed by atoms with Gasteiger partial charge in [0.05, 0.1) is 18.3 Å². The van der Waals surface area contributed by atoms with Crippen LogP contribution in [0.3, 0.4) is 0 Å². The third kappa shape index (κ3) is 3.91. The van der Waals surface area contributed by atoms with Gasteiger partial charge in [-0.1, -0.05) is 0 Å². The molecule has 2 heterocycles. The zero-order valence-corrected chi connectivity index (χ0v) is 12.6. The quantitative estimate of drug-likeness (QED) is 0.889. The molecular formula is C12H21N3OS2. The zero-order valence-electron chi connectivity index (χ0n) is 11.0. The van der Waals surface area contributed by atoms with Crippen molar-refractivity contribution in [2.24, 2.45) is 7.05 Å². The highest BCUT2D eigenvalue weighted by Crippen LogP contribution is 2.20. The lowest BCUT2D eigenvalue weighted by atomic mass is 10.2. The number of hydrogen-bond acceptors (Lipinski definition) is 5. The van der Waals surface area contributed by atoms with Crippen LogP contribution < -0.4 is 5.32 Å². The highest BCUT2D eigenvalue weighted by molar-refractivity contribution is 8.03. The second kappa shape index (κ2) is 7.43. The summed E-state index contributed by atoms with van der Waals surface area (Å²) in [6.07, 6.45) is 1.84. The molecule has 0 unspecified atom stereocenters. The molecule has 1 aliphatic rings. The third-order valence-electron chi connectivity index (χ3n) is 3.00. The first kappa shape index (κ1) is 14.2. The summed E-state index contributed by atoms with van der Waals surface area (Å²) < 4.78 is 7.26. The Morgan fingerprint density at radius 1 is 1.50 bits per heavy atom. The Kier molecular flexibility index (Phi) is 5.88. The number of thioether (sulfide) groups is 2. The second-order valence-corrected chi connectivity index (χ2v) is 6.70. The lowest BCUT2D eigenvalue weighted by Crippen LogP contribution is -2.39. The number of rotatable bonds is 5. The minimum absolute atomic E-state index is 0.229. The van der Waals surface area contributed by atoms with Gasteiger partial charge in [-0.05, 0) is 6.07 Å². The first-order chi connectivity index (χ1) is 8.81. The molecule has 102 valence electrons. The minimum Gasteiger partial charge on any atom is -0.383 e. The van der Waals surface area contributed by atoms with E-state index >= 15 is 0 Å². The third-order valence-corrected chi connectivity index (χ3v) is 5.52. The van der Waals surface area contributed by atoms with Crippen LogP contribution in [0.2, 0.25) is 0 Å². The SMILES string of the molecule is COC[C@H](NC1CSCCSC1)c1ccnn1C. The van der Waals surface area contributed by atoms with Crippen LogP contribution in [0.1, 0.15) is 11.7 Å². The molecule has 0 aliphatic carbocycles. The number of aromatic nitrogens is 2. The van der Waals surface area contributed by atoms with Crippen LogP contribution in [0.25, 0.3) is 0 Å². The fourth-order valence-corrected chi connectivity index (χ4v) is 4.53. The summed E-state index contributed by atoms with van der Waals surface area (Å²) in [6, 6.07) is 2.84. The van der Waals surface area contributed by atoms with E-state index in [1.165, 1.54) is 28.7 Å². The van der Waals surface area contributed by atoms with Crippen LogP contribution in [-0.4, -0.2) is 52.6 Å². The Balaban J connectivity index is 1.99. The van der Waals surface area contributed by atoms with Gasteiger partial charge in [0.2, 0.25) is 0 Å². The van der Waals surface area contributed by atoms with Gasteiger partial charge in [-0.2, -0.15) is 28.6 Å². The molecule has 0 radical (unpaired) electrons. The van der Waals surface area contributed by atoms with Crippen molar-refractivity contribution in [2.45, 2.75) is 12.1 Å². The van der Waals surface area contributed by atoms with Crippen LogP contribution in [0.5, 0.6) is 0 Å². The predicted octanol–water partition coefficient (Wildman–Crippen LogP) is 1.55. The molecule has 0 amide bonds. The van der Waals surface area contributed by atoms with Crippen LogP contribution in [0.15, 0.2) is 12.3 Å². The number of nitrogens with one attached hydrogen (secondary N) is 1. The Morgan fingerprint density at radius 2 is 2.22 bits per heavy atom. The van der Waals surface area contributed by atoms with Gasteiger partial charge in [-0.25, -0.2) is 0 Å². The largest absolute Gasteiger partial charge is 0.383 e. The van der Waals surface area contributed by atoms with E-state index in [2.05, 4.69) is 16.5 Å². The van der Waals surface area contributed by atoms with Crippen molar-refractivity contribution in [2.75, 3.05) is 36.7 Å². The van der Waals surface area contributed by atoms with Gasteiger partial charge in [0.25, 0.3) is 0 Å². The standard InChI is InChI=1S/C12H21N3OS2/c1-15-12(3-4-13-15)11(7-16-2)14-10-8-17-5-6-18-9-10/h3-4,10-11,14H,5-9H2,1-2H3/t11-/m0/s1. The molecule has 1 N–H and O–H groups in total. The Hall–Kier alpha value is -0.170. The lowest BCUT2D eigenvalue weighted by molar-refractivity contribution is 0.160. The first-order valence-electron chi connectivity index (χ1n) is 6.19. The number of aryl methyl sites for hydroxylation is 1. The van der Waals surface area contributed by atoms with Crippen LogP contribution >= 0.6 is 23.5 Å². The Labute approximate surface area is 117 Å². The molecule has 1 atom stereocenters. The topological polar surface area (TPSA) is 39.1 Å². The van der Waals surface area contributed by atoms with Crippen molar-refractivity contribution in [3.05, 3.63) is 18.0 Å². The number of ether oxygens (including phenoxy) is 1. The fourth-order valence-electron chi connectivity index (χ4n) is 2.11. The summed E-state index contributed by atoms with van der Waals surface area (Å²) in [7, 11) is 3.73. The van der Waals surface area contributed by atoms with Gasteiger partial charge in [0, 0.05) is 49.4 Å². The van der Waals surface area contributed by atoms with Gasteiger partial charge in [0.15, 0.2) is 0 Å². The van der Waals surface area contributed by atoms with E-state index in [4.69, 9.17) is 4.74 Å². The molecule has 0 spiro atoms. The van der Waals surface area contributed by atoms with Gasteiger partial charge in [-0.15, -0.1) is 0 Å². The summed E-state index contributed by atoms with van der Waals surface area (Å²) in [5.74, 6) is 4.91. The highest BCUT2D eigenvalue weighted by Gasteiger charge is 2.20. The average Bonchev–Trinajstić information content (AvgIpc) is 2.63. The van der Waals surface area contributed by atoms with E-state index in [9.17, 15) is 0 Å². The van der Waals surface area contributed by atoms with Crippen molar-refractivity contribution in [1.29, 1.82) is 0 Å². The van der Waals surface area contributed by atoms with E-state index in [-0.39, 0.29) is 6.04 Å². The molecule has 0 saturated carbocycles. The van der Waals surface area contributed by atoms with Crippen molar-refractivity contribution < 1.29 is 4.74 Å². The molecule has 1 saturated heterocycles. The molecule has 0 bridgehead atoms. The molecule has 1 aliphatic heterocycles. The van der Waals surface area contributed by atoms with Crippen LogP contribution in [0, 0.1) is 0 Å². The van der Waals surface area contributed by atoms with E-state index in [0.29, 0.717) is 12.6 Å². The normalized spacial score (nSPS) is 19.7. The highest BCUT2D eigenvalue weighted by atomic mass is 32.2. The predicted molar refractivity (Wildman–Crippen MR) is 79.4 cm³/mol. The maximum absolute atomic E-state index is 5.34. The molecule has 1 aromatic rings. The molecule has 1 aromatic heterocycles. The zero-order chi connectivity index (χ0) is 12.8. The van der Waals surface area contributed by atoms with Crippen LogP contribution in [-0.2, 0) is 11.8 Å². The Bertz CT molecular complexity index is 351. The first-order valence-corrected chi connectivity index (χ1v) is 8.50. The van der Waals surface area contributed by atoms with E-state index in [0.717, 1.165) is 0 Å². The smallest absolute Gasteiger partial charge is 0.0731 e. The fraction of sp³-hybridized carbons (Fsp3) is 0.750. The lowest BCUT2D eigenvalue weighted by Gasteiger charge is -2.24. The van der Waals surface area contributed by atoms with Gasteiger partial charge in [-0.3, -0.25) is 4.68 Å².